The van der Waals surface area contributed by atoms with Crippen LogP contribution in [0.1, 0.15) is 21.9 Å². The second-order valence-electron chi connectivity index (χ2n) is 6.48. The molecular weight excluding hydrogens is 445 g/mol. The van der Waals surface area contributed by atoms with Crippen molar-refractivity contribution in [3.8, 4) is 17.1 Å². The van der Waals surface area contributed by atoms with E-state index in [9.17, 15) is 18.0 Å². The highest BCUT2D eigenvalue weighted by molar-refractivity contribution is 7.98. The van der Waals surface area contributed by atoms with Gasteiger partial charge in [0.2, 0.25) is 5.76 Å². The molecule has 4 aromatic rings. The molecule has 7 nitrogen and oxygen atoms in total. The van der Waals surface area contributed by atoms with E-state index in [-0.39, 0.29) is 17.2 Å². The molecule has 0 spiro atoms. The molecule has 0 fully saturated rings. The molecule has 0 radical (unpaired) electrons. The summed E-state index contributed by atoms with van der Waals surface area (Å²) in [6.45, 7) is 0. The van der Waals surface area contributed by atoms with Crippen molar-refractivity contribution in [3.05, 3.63) is 78.0 Å². The summed E-state index contributed by atoms with van der Waals surface area (Å²) in [6.07, 6.45) is -1.36. The molecule has 0 aliphatic carbocycles. The van der Waals surface area contributed by atoms with E-state index in [2.05, 4.69) is 19.9 Å². The summed E-state index contributed by atoms with van der Waals surface area (Å²) in [5.74, 6) is 0.526. The fourth-order valence-electron chi connectivity index (χ4n) is 2.90. The van der Waals surface area contributed by atoms with Gasteiger partial charge in [0.15, 0.2) is 11.0 Å². The number of alkyl halides is 3. The standard InChI is InChI=1S/C21H15F3N4O3S/c1-30-19(29)17-8-7-16(31-17)12-32-20-27-26-18(13-4-3-9-25-11-13)28(20)15-6-2-5-14(10-15)21(22,23)24/h2-11H,12H2,1H3. The number of rotatable bonds is 6. The van der Waals surface area contributed by atoms with Gasteiger partial charge in [-0.3, -0.25) is 9.55 Å². The topological polar surface area (TPSA) is 83.0 Å². The van der Waals surface area contributed by atoms with Gasteiger partial charge in [-0.1, -0.05) is 17.8 Å². The number of aromatic nitrogens is 4. The minimum atomic E-state index is -4.50. The smallest absolute Gasteiger partial charge is 0.416 e. The maximum absolute atomic E-state index is 13.3. The van der Waals surface area contributed by atoms with Crippen LogP contribution in [0.15, 0.2) is 70.5 Å². The van der Waals surface area contributed by atoms with Gasteiger partial charge < -0.3 is 9.15 Å². The van der Waals surface area contributed by atoms with E-state index < -0.39 is 17.7 Å². The predicted octanol–water partition coefficient (Wildman–Crippen LogP) is 5.02. The SMILES string of the molecule is COC(=O)c1ccc(CSc2nnc(-c3cccnc3)n2-c2cccc(C(F)(F)F)c2)o1. The molecule has 3 aromatic heterocycles. The molecule has 0 aliphatic heterocycles. The third kappa shape index (κ3) is 4.52. The van der Waals surface area contributed by atoms with Gasteiger partial charge in [-0.25, -0.2) is 4.79 Å². The van der Waals surface area contributed by atoms with Crippen molar-refractivity contribution in [3.63, 3.8) is 0 Å². The predicted molar refractivity (Wildman–Crippen MR) is 109 cm³/mol. The van der Waals surface area contributed by atoms with Crippen molar-refractivity contribution in [1.82, 2.24) is 19.7 Å². The van der Waals surface area contributed by atoms with E-state index in [1.54, 1.807) is 36.7 Å². The Bertz CT molecular complexity index is 1240. The first-order valence-corrected chi connectivity index (χ1v) is 10.2. The second-order valence-corrected chi connectivity index (χ2v) is 7.42. The van der Waals surface area contributed by atoms with E-state index in [0.717, 1.165) is 12.1 Å². The summed E-state index contributed by atoms with van der Waals surface area (Å²) in [4.78, 5) is 15.6. The molecular formula is C21H15F3N4O3S. The molecule has 0 amide bonds. The number of hydrogen-bond acceptors (Lipinski definition) is 7. The van der Waals surface area contributed by atoms with Crippen LogP contribution in [0, 0.1) is 0 Å². The molecule has 0 bridgehead atoms. The highest BCUT2D eigenvalue weighted by atomic mass is 32.2. The number of hydrogen-bond donors (Lipinski definition) is 0. The Morgan fingerprint density at radius 2 is 2.00 bits per heavy atom. The number of thioether (sulfide) groups is 1. The van der Waals surface area contributed by atoms with E-state index in [0.29, 0.717) is 22.3 Å². The van der Waals surface area contributed by atoms with Crippen LogP contribution in [0.25, 0.3) is 17.1 Å². The molecule has 0 aliphatic rings. The Hall–Kier alpha value is -3.60. The highest BCUT2D eigenvalue weighted by Crippen LogP contribution is 2.34. The monoisotopic (exact) mass is 460 g/mol. The Kier molecular flexibility index (Phi) is 5.99. The van der Waals surface area contributed by atoms with Crippen LogP contribution < -0.4 is 0 Å². The number of nitrogens with zero attached hydrogens (tertiary/aromatic N) is 4. The zero-order chi connectivity index (χ0) is 22.7. The van der Waals surface area contributed by atoms with Crippen molar-refractivity contribution >= 4 is 17.7 Å². The van der Waals surface area contributed by atoms with E-state index in [4.69, 9.17) is 4.42 Å². The minimum absolute atomic E-state index is 0.0542. The van der Waals surface area contributed by atoms with E-state index >= 15 is 0 Å². The van der Waals surface area contributed by atoms with Gasteiger partial charge in [-0.05, 0) is 42.5 Å². The zero-order valence-corrected chi connectivity index (χ0v) is 17.4. The van der Waals surface area contributed by atoms with Crippen LogP contribution >= 0.6 is 11.8 Å². The minimum Gasteiger partial charge on any atom is -0.463 e. The van der Waals surface area contributed by atoms with Crippen molar-refractivity contribution in [2.24, 2.45) is 0 Å². The summed E-state index contributed by atoms with van der Waals surface area (Å²) in [5, 5.41) is 8.69. The van der Waals surface area contributed by atoms with Crippen LogP contribution in [0.3, 0.4) is 0 Å². The lowest BCUT2D eigenvalue weighted by Gasteiger charge is -2.13. The molecule has 4 rings (SSSR count). The number of halogens is 3. The Morgan fingerprint density at radius 1 is 1.16 bits per heavy atom. The lowest BCUT2D eigenvalue weighted by Crippen LogP contribution is -2.07. The lowest BCUT2D eigenvalue weighted by molar-refractivity contribution is -0.137. The first-order valence-electron chi connectivity index (χ1n) is 9.20. The second kappa shape index (κ2) is 8.87. The molecule has 0 unspecified atom stereocenters. The Morgan fingerprint density at radius 3 is 2.72 bits per heavy atom. The number of carbonyl (C=O) groups is 1. The largest absolute Gasteiger partial charge is 0.463 e. The van der Waals surface area contributed by atoms with Crippen LogP contribution in [0.5, 0.6) is 0 Å². The van der Waals surface area contributed by atoms with Crippen LogP contribution in [0.2, 0.25) is 0 Å². The summed E-state index contributed by atoms with van der Waals surface area (Å²) in [7, 11) is 1.25. The summed E-state index contributed by atoms with van der Waals surface area (Å²) in [5.41, 5.74) is 0.0571. The first kappa shape index (κ1) is 21.6. The van der Waals surface area contributed by atoms with Gasteiger partial charge in [-0.2, -0.15) is 13.2 Å². The molecule has 3 heterocycles. The van der Waals surface area contributed by atoms with Gasteiger partial charge in [-0.15, -0.1) is 10.2 Å². The number of methoxy groups -OCH3 is 1. The van der Waals surface area contributed by atoms with Gasteiger partial charge in [0.25, 0.3) is 0 Å². The molecule has 164 valence electrons. The van der Waals surface area contributed by atoms with Gasteiger partial charge >= 0.3 is 12.1 Å². The molecule has 0 atom stereocenters. The zero-order valence-electron chi connectivity index (χ0n) is 16.5. The van der Waals surface area contributed by atoms with Crippen LogP contribution in [-0.2, 0) is 16.7 Å². The molecule has 1 aromatic carbocycles. The number of esters is 1. The molecule has 0 saturated carbocycles. The van der Waals surface area contributed by atoms with Crippen molar-refractivity contribution in [1.29, 1.82) is 0 Å². The molecule has 0 N–H and O–H groups in total. The molecule has 11 heteroatoms. The fourth-order valence-corrected chi connectivity index (χ4v) is 3.75. The molecule has 32 heavy (non-hydrogen) atoms. The summed E-state index contributed by atoms with van der Waals surface area (Å²) < 4.78 is 51.5. The lowest BCUT2D eigenvalue weighted by atomic mass is 10.2. The Balaban J connectivity index is 1.71. The molecule has 0 saturated heterocycles. The average Bonchev–Trinajstić information content (AvgIpc) is 3.44. The fraction of sp³-hybridized carbons (Fsp3) is 0.143. The normalized spacial score (nSPS) is 11.5. The number of carbonyl (C=O) groups excluding carboxylic acids is 1. The summed E-state index contributed by atoms with van der Waals surface area (Å²) >= 11 is 1.20. The average molecular weight is 460 g/mol. The van der Waals surface area contributed by atoms with Gasteiger partial charge in [0.05, 0.1) is 24.1 Å². The van der Waals surface area contributed by atoms with Crippen molar-refractivity contribution < 1.29 is 27.1 Å². The third-order valence-corrected chi connectivity index (χ3v) is 5.33. The van der Waals surface area contributed by atoms with Crippen LogP contribution in [0.4, 0.5) is 13.2 Å². The number of benzene rings is 1. The number of furan rings is 1. The summed E-state index contributed by atoms with van der Waals surface area (Å²) in [6, 6.07) is 11.5. The third-order valence-electron chi connectivity index (χ3n) is 4.38. The van der Waals surface area contributed by atoms with Crippen molar-refractivity contribution in [2.75, 3.05) is 7.11 Å². The maximum atomic E-state index is 13.3. The van der Waals surface area contributed by atoms with Gasteiger partial charge in [0.1, 0.15) is 5.76 Å². The van der Waals surface area contributed by atoms with Gasteiger partial charge in [0, 0.05) is 18.0 Å². The van der Waals surface area contributed by atoms with E-state index in [1.807, 2.05) is 0 Å². The van der Waals surface area contributed by atoms with E-state index in [1.165, 1.54) is 35.6 Å². The number of pyridine rings is 1. The van der Waals surface area contributed by atoms with Crippen molar-refractivity contribution in [2.45, 2.75) is 17.1 Å². The Labute approximate surface area is 184 Å². The van der Waals surface area contributed by atoms with Crippen LogP contribution in [-0.4, -0.2) is 32.8 Å². The first-order chi connectivity index (χ1) is 15.4. The highest BCUT2D eigenvalue weighted by Gasteiger charge is 2.31. The number of ether oxygens (including phenoxy) is 1. The maximum Gasteiger partial charge on any atom is 0.416 e. The quantitative estimate of drug-likeness (QED) is 0.295.